The molecule has 0 aliphatic rings. The first-order chi connectivity index (χ1) is 66.1. The Morgan fingerprint density at radius 1 is 0.370 bits per heavy atom. The van der Waals surface area contributed by atoms with Crippen LogP contribution < -0.4 is 63.5 Å². The second kappa shape index (κ2) is 56.9. The Kier molecular flexibility index (Phi) is 44.9. The molecule has 0 radical (unpaired) electrons. The van der Waals surface area contributed by atoms with Crippen LogP contribution in [0.3, 0.4) is 0 Å². The molecule has 0 unspecified atom stereocenters. The molecule has 0 aliphatic carbocycles. The molecule has 2 amide bonds. The highest BCUT2D eigenvalue weighted by atomic mass is 79.9. The number of phenols is 1. The second-order valence-corrected chi connectivity index (χ2v) is 34.8. The highest BCUT2D eigenvalue weighted by Gasteiger charge is 2.15. The number of aryl methyl sites for hydroxylation is 7. The van der Waals surface area contributed by atoms with Crippen molar-refractivity contribution >= 4 is 121 Å². The number of nitrogens with two attached hydrogens (primary N) is 3. The van der Waals surface area contributed by atoms with Gasteiger partial charge in [-0.3, -0.25) is 24.0 Å². The molecule has 714 valence electrons. The summed E-state index contributed by atoms with van der Waals surface area (Å²) in [6.45, 7) is 15.4. The number of carboxylic acid groups (broad SMARTS) is 1. The lowest BCUT2D eigenvalue weighted by molar-refractivity contribution is 0.0592. The quantitative estimate of drug-likeness (QED) is 0.0198. The fraction of sp³-hybridized carbons (Fsp3) is 0.159. The molecule has 13 N–H and O–H groups in total. The summed E-state index contributed by atoms with van der Waals surface area (Å²) < 4.78 is 35.9. The first-order valence-corrected chi connectivity index (χ1v) is 46.9. The van der Waals surface area contributed by atoms with Crippen LogP contribution in [0.1, 0.15) is 136 Å². The number of amides is 2. The summed E-state index contributed by atoms with van der Waals surface area (Å²) in [7, 11) is 2.74. The predicted molar refractivity (Wildman–Crippen MR) is 557 cm³/mol. The number of H-pyrrole nitrogens is 3. The lowest BCUT2D eigenvalue weighted by Gasteiger charge is -2.10. The minimum atomic E-state index is -0.922. The van der Waals surface area contributed by atoms with E-state index in [9.17, 15) is 38.4 Å². The normalized spacial score (nSPS) is 10.1. The molecule has 31 heteroatoms. The Balaban J connectivity index is 0.000000203. The highest BCUT2D eigenvalue weighted by Crippen LogP contribution is 2.27. The number of halogens is 5. The highest BCUT2D eigenvalue weighted by molar-refractivity contribution is 9.11. The number of ether oxygens (including phenoxy) is 6. The molecule has 26 nitrogen and oxygen atoms in total. The Morgan fingerprint density at radius 3 is 0.993 bits per heavy atom. The molecule has 0 saturated carbocycles. The number of methoxy groups -OCH3 is 2. The lowest BCUT2D eigenvalue weighted by Crippen LogP contribution is -2.27. The van der Waals surface area contributed by atoms with E-state index in [4.69, 9.17) is 46.4 Å². The number of carbonyl (C=O) groups excluding carboxylic acids is 4. The van der Waals surface area contributed by atoms with Gasteiger partial charge < -0.3 is 81.4 Å². The zero-order valence-electron chi connectivity index (χ0n) is 77.1. The van der Waals surface area contributed by atoms with Gasteiger partial charge in [-0.15, -0.1) is 0 Å². The predicted octanol–water partition coefficient (Wildman–Crippen LogP) is 21.9. The van der Waals surface area contributed by atoms with Gasteiger partial charge in [0.05, 0.1) is 30.9 Å². The molecule has 0 atom stereocenters. The average molecular weight is 2190 g/mol. The van der Waals surface area contributed by atoms with Gasteiger partial charge in [-0.25, -0.2) is 24.4 Å². The first-order valence-electron chi connectivity index (χ1n) is 42.6. The van der Waals surface area contributed by atoms with Crippen LogP contribution in [0.2, 0.25) is 0 Å². The van der Waals surface area contributed by atoms with Gasteiger partial charge in [0, 0.05) is 106 Å². The zero-order chi connectivity index (χ0) is 100. The van der Waals surface area contributed by atoms with Crippen LogP contribution in [0.15, 0.2) is 330 Å². The van der Waals surface area contributed by atoms with Crippen LogP contribution >= 0.6 is 79.6 Å². The summed E-state index contributed by atoms with van der Waals surface area (Å²) in [5, 5.41) is 24.0. The lowest BCUT2D eigenvalue weighted by atomic mass is 10.1. The van der Waals surface area contributed by atoms with E-state index in [1.165, 1.54) is 14.2 Å². The van der Waals surface area contributed by atoms with Gasteiger partial charge in [0.25, 0.3) is 28.5 Å². The van der Waals surface area contributed by atoms with Crippen molar-refractivity contribution in [1.29, 1.82) is 0 Å². The first kappa shape index (κ1) is 109. The van der Waals surface area contributed by atoms with Crippen molar-refractivity contribution in [1.82, 2.24) is 35.6 Å². The minimum Gasteiger partial charge on any atom is -0.508 e. The fourth-order valence-corrected chi connectivity index (χ4v) is 14.4. The van der Waals surface area contributed by atoms with Crippen LogP contribution in [0.4, 0.5) is 11.6 Å². The molecular formula is C107H105Br5N10O16. The number of aromatic nitrogens is 5. The van der Waals surface area contributed by atoms with E-state index in [0.29, 0.717) is 89.3 Å². The molecule has 0 fully saturated rings. The Bertz CT molecular complexity index is 6660. The molecule has 0 saturated heterocycles. The number of nitrogens with zero attached hydrogens (tertiary/aromatic N) is 2. The number of hydrogen-bond acceptors (Lipinski definition) is 20. The number of hydrogen-bond donors (Lipinski definition) is 10. The number of nitrogens with one attached hydrogen (secondary N) is 5. The third kappa shape index (κ3) is 38.1. The van der Waals surface area contributed by atoms with Gasteiger partial charge >= 0.3 is 17.9 Å². The van der Waals surface area contributed by atoms with Crippen molar-refractivity contribution < 1.29 is 62.6 Å². The van der Waals surface area contributed by atoms with E-state index in [-0.39, 0.29) is 59.1 Å². The van der Waals surface area contributed by atoms with Crippen LogP contribution in [-0.2, 0) is 60.9 Å². The molecule has 10 aromatic carbocycles. The Hall–Kier alpha value is -14.3. The van der Waals surface area contributed by atoms with Crippen molar-refractivity contribution in [3.63, 3.8) is 0 Å². The number of aromatic hydroxyl groups is 1. The van der Waals surface area contributed by atoms with Crippen molar-refractivity contribution in [2.75, 3.05) is 25.7 Å². The maximum absolute atomic E-state index is 12.5. The SMILES string of the molecule is COC(=O)c1ccc(CBr)cc1.COC(=O)c1ccc(COc2cccc(Br)c2)cc1.Cc1cc(C)c(CN)c(=O)[nH]1.Cc1cc(C)c(CNC(=O)c2ccc(COc3cccc(-c4ccc(N)nc4)c3)cc2)c(=O)[nH]1.Cc1cc(C)c(CNC(=O)c2ccc(COc3cccc(Br)c3)cc2)c(=O)[nH]1.Cc1ccc(N)nc1.O=C(O)c1ccc(COc2cccc(Br)c2)cc1.Oc1cccc(Br)c1. The van der Waals surface area contributed by atoms with E-state index < -0.39 is 5.97 Å². The molecular weight excluding hydrogens is 2080 g/mol. The zero-order valence-corrected chi connectivity index (χ0v) is 85.0. The number of nitrogen functional groups attached to an aromatic ring is 2. The van der Waals surface area contributed by atoms with E-state index in [0.717, 1.165) is 124 Å². The number of anilines is 2. The number of aromatic carboxylic acids is 1. The molecule has 5 heterocycles. The maximum Gasteiger partial charge on any atom is 0.337 e. The Labute approximate surface area is 841 Å². The summed E-state index contributed by atoms with van der Waals surface area (Å²) in [5.41, 5.74) is 33.4. The van der Waals surface area contributed by atoms with Gasteiger partial charge in [0.15, 0.2) is 0 Å². The maximum atomic E-state index is 12.5. The molecule has 15 aromatic rings. The number of aromatic amines is 3. The summed E-state index contributed by atoms with van der Waals surface area (Å²) >= 11 is 16.7. The van der Waals surface area contributed by atoms with Crippen LogP contribution in [0.25, 0.3) is 11.1 Å². The van der Waals surface area contributed by atoms with Gasteiger partial charge in [-0.1, -0.05) is 183 Å². The second-order valence-electron chi connectivity index (χ2n) is 30.6. The molecule has 138 heavy (non-hydrogen) atoms. The number of benzene rings is 10. The molecule has 5 aromatic heterocycles. The van der Waals surface area contributed by atoms with E-state index >= 15 is 0 Å². The van der Waals surface area contributed by atoms with Gasteiger partial charge in [0.1, 0.15) is 66.8 Å². The van der Waals surface area contributed by atoms with Crippen molar-refractivity contribution in [2.24, 2.45) is 5.73 Å². The molecule has 0 spiro atoms. The topological polar surface area (TPSA) is 408 Å². The molecule has 0 aliphatic heterocycles. The van der Waals surface area contributed by atoms with Gasteiger partial charge in [0.2, 0.25) is 0 Å². The number of carboxylic acids is 1. The number of phenolic OH excluding ortho intramolecular Hbond substituents is 1. The number of alkyl halides is 1. The van der Waals surface area contributed by atoms with Crippen LogP contribution in [0, 0.1) is 48.5 Å². The minimum absolute atomic E-state index is 0.0648. The molecule has 15 rings (SSSR count). The van der Waals surface area contributed by atoms with Crippen molar-refractivity contribution in [2.45, 2.75) is 99.9 Å². The fourth-order valence-electron chi connectivity index (χ4n) is 12.5. The van der Waals surface area contributed by atoms with E-state index in [1.807, 2.05) is 230 Å². The largest absolute Gasteiger partial charge is 0.508 e. The third-order valence-corrected chi connectivity index (χ3v) is 22.4. The summed E-state index contributed by atoms with van der Waals surface area (Å²) in [4.78, 5) is 109. The third-order valence-electron chi connectivity index (χ3n) is 19.8. The summed E-state index contributed by atoms with van der Waals surface area (Å²) in [6.07, 6.45) is 3.48. The van der Waals surface area contributed by atoms with Crippen molar-refractivity contribution in [3.05, 3.63) is 458 Å². The van der Waals surface area contributed by atoms with Crippen molar-refractivity contribution in [3.8, 4) is 39.9 Å². The van der Waals surface area contributed by atoms with E-state index in [2.05, 4.69) is 125 Å². The standard InChI is InChI=1S/C27H26N4O3.C22H21BrN2O3.C15H13BrO3.C14H11BrO3.C9H9BrO2.C8H12N2O.C6H5BrO.C6H8N2/c1-17-12-18(2)31-27(33)24(17)15-30-26(32)20-8-6-19(7-9-20)16-34-23-5-3-4-21(13-23)22-10-11-25(28)29-14-22;1-14-10-15(2)25-22(27)20(14)12-24-21(26)17-8-6-16(7-9-17)13-28-19-5-3-4-18(23)11-19;1-18-15(17)12-7-5-11(6-8-12)10-19-14-4-2-3-13(16)9-14;15-12-2-1-3-13(8-12)18-9-10-4-6-11(7-5-10)14(16)17;1-12-9(11)8-4-2-7(6-10)3-5-8;1-5-3-6(2)10-8(11)7(5)4-9;7-5-2-1-3-6(8)4-5;1-5-2-3-6(7)8-4-5/h3-14H,15-16H2,1-2H3,(H2,28,29)(H,30,32)(H,31,33);3-11H,12-13H2,1-2H3,(H,24,26)(H,25,27);2-9H,10H2,1H3;1-8H,9H2,(H,16,17);2-5H,6H2,1H3;3H,4,9H2,1-2H3,(H,10,11);1-4,8H;2-4H,1H3,(H2,7,8). The van der Waals surface area contributed by atoms with Gasteiger partial charge in [-0.05, 0) is 286 Å². The number of rotatable bonds is 24. The van der Waals surface area contributed by atoms with Crippen LogP contribution in [-0.4, -0.2) is 79.1 Å². The number of esters is 2. The summed E-state index contributed by atoms with van der Waals surface area (Å²) in [6, 6.07) is 86.1. The van der Waals surface area contributed by atoms with Gasteiger partial charge in [-0.2, -0.15) is 0 Å². The average Bonchev–Trinajstić information content (AvgIpc) is 0.854. The smallest absolute Gasteiger partial charge is 0.337 e. The Morgan fingerprint density at radius 2 is 0.696 bits per heavy atom. The van der Waals surface area contributed by atoms with Crippen LogP contribution in [0.5, 0.6) is 28.7 Å². The molecule has 0 bridgehead atoms. The monoisotopic (exact) mass is 2180 g/mol. The van der Waals surface area contributed by atoms with E-state index in [1.54, 1.807) is 116 Å². The summed E-state index contributed by atoms with van der Waals surface area (Å²) in [5.74, 6) is 2.41. The number of carbonyl (C=O) groups is 5. The number of pyridine rings is 5.